The third kappa shape index (κ3) is 3.51. The summed E-state index contributed by atoms with van der Waals surface area (Å²) in [7, 11) is 0. The number of morpholine rings is 1. The van der Waals surface area contributed by atoms with Crippen LogP contribution in [-0.2, 0) is 4.74 Å². The van der Waals surface area contributed by atoms with E-state index in [-0.39, 0.29) is 18.5 Å². The highest BCUT2D eigenvalue weighted by Crippen LogP contribution is 2.20. The summed E-state index contributed by atoms with van der Waals surface area (Å²) in [5, 5.41) is 12.1. The van der Waals surface area contributed by atoms with Gasteiger partial charge in [0.05, 0.1) is 25.5 Å². The molecule has 1 unspecified atom stereocenters. The maximum Gasteiger partial charge on any atom is 0.224 e. The number of nitrogens with zero attached hydrogens (tertiary/aromatic N) is 3. The van der Waals surface area contributed by atoms with Crippen molar-refractivity contribution in [2.24, 2.45) is 0 Å². The molecule has 0 aliphatic carbocycles. The number of hydrogen-bond acceptors (Lipinski definition) is 6. The van der Waals surface area contributed by atoms with E-state index in [1.807, 2.05) is 6.92 Å². The molecule has 1 atom stereocenters. The van der Waals surface area contributed by atoms with Crippen molar-refractivity contribution >= 4 is 11.8 Å². The third-order valence-electron chi connectivity index (χ3n) is 2.90. The predicted octanol–water partition coefficient (Wildman–Crippen LogP) is 0.635. The molecule has 2 rings (SSSR count). The number of aliphatic hydroxyl groups is 1. The van der Waals surface area contributed by atoms with Crippen LogP contribution in [0.4, 0.5) is 16.2 Å². The first-order valence-electron chi connectivity index (χ1n) is 6.48. The number of aliphatic hydroxyl groups excluding tert-OH is 1. The van der Waals surface area contributed by atoms with Crippen LogP contribution >= 0.6 is 0 Å². The van der Waals surface area contributed by atoms with Gasteiger partial charge in [-0.2, -0.15) is 4.98 Å². The predicted molar refractivity (Wildman–Crippen MR) is 69.8 cm³/mol. The van der Waals surface area contributed by atoms with Crippen LogP contribution in [0, 0.1) is 5.82 Å². The Balaban J connectivity index is 2.13. The second-order valence-corrected chi connectivity index (χ2v) is 4.41. The largest absolute Gasteiger partial charge is 0.394 e. The monoisotopic (exact) mass is 270 g/mol. The minimum absolute atomic E-state index is 0.0792. The Morgan fingerprint density at radius 1 is 1.63 bits per heavy atom. The van der Waals surface area contributed by atoms with Crippen LogP contribution in [0.2, 0.25) is 0 Å². The van der Waals surface area contributed by atoms with Gasteiger partial charge in [-0.25, -0.2) is 9.37 Å². The van der Waals surface area contributed by atoms with Gasteiger partial charge < -0.3 is 20.1 Å². The van der Waals surface area contributed by atoms with Gasteiger partial charge in [0.1, 0.15) is 0 Å². The molecule has 1 aliphatic heterocycles. The summed E-state index contributed by atoms with van der Waals surface area (Å²) in [6.45, 7) is 4.13. The lowest BCUT2D eigenvalue weighted by Gasteiger charge is -2.33. The molecular weight excluding hydrogens is 251 g/mol. The van der Waals surface area contributed by atoms with Crippen LogP contribution in [-0.4, -0.2) is 54.0 Å². The normalized spacial score (nSPS) is 19.5. The van der Waals surface area contributed by atoms with Crippen molar-refractivity contribution < 1.29 is 14.2 Å². The molecule has 7 heteroatoms. The summed E-state index contributed by atoms with van der Waals surface area (Å²) in [5.41, 5.74) is 0. The van der Waals surface area contributed by atoms with Gasteiger partial charge in [-0.1, -0.05) is 6.92 Å². The molecule has 2 N–H and O–H groups in total. The maximum absolute atomic E-state index is 13.8. The summed E-state index contributed by atoms with van der Waals surface area (Å²) in [6.07, 6.45) is 1.82. The van der Waals surface area contributed by atoms with Crippen LogP contribution in [0.3, 0.4) is 0 Å². The second kappa shape index (κ2) is 6.63. The number of rotatable bonds is 5. The number of nitrogens with one attached hydrogen (secondary N) is 1. The molecule has 0 saturated carbocycles. The smallest absolute Gasteiger partial charge is 0.224 e. The van der Waals surface area contributed by atoms with Crippen molar-refractivity contribution in [2.45, 2.75) is 19.4 Å². The average molecular weight is 270 g/mol. The summed E-state index contributed by atoms with van der Waals surface area (Å²) in [6, 6.07) is 0. The Morgan fingerprint density at radius 3 is 3.21 bits per heavy atom. The molecule has 0 bridgehead atoms. The van der Waals surface area contributed by atoms with Gasteiger partial charge in [-0.3, -0.25) is 0 Å². The fourth-order valence-corrected chi connectivity index (χ4v) is 1.92. The van der Waals surface area contributed by atoms with Crippen molar-refractivity contribution in [3.63, 3.8) is 0 Å². The fraction of sp³-hybridized carbons (Fsp3) is 0.667. The molecule has 1 saturated heterocycles. The number of aromatic nitrogens is 2. The van der Waals surface area contributed by atoms with Gasteiger partial charge in [0.15, 0.2) is 11.6 Å². The molecule has 1 aliphatic rings. The minimum atomic E-state index is -0.458. The lowest BCUT2D eigenvalue weighted by atomic mass is 10.3. The van der Waals surface area contributed by atoms with Crippen LogP contribution in [0.5, 0.6) is 0 Å². The Kier molecular flexibility index (Phi) is 4.86. The van der Waals surface area contributed by atoms with Crippen LogP contribution in [0.25, 0.3) is 0 Å². The minimum Gasteiger partial charge on any atom is -0.394 e. The molecule has 0 radical (unpaired) electrons. The standard InChI is InChI=1S/C12H19FN4O2/c1-2-3-14-12-15-6-10(13)11(16-12)17-4-5-19-9(7-17)8-18/h6,9,18H,2-5,7-8H2,1H3,(H,14,15,16). The number of halogens is 1. The first-order chi connectivity index (χ1) is 9.24. The van der Waals surface area contributed by atoms with Gasteiger partial charge in [-0.15, -0.1) is 0 Å². The summed E-state index contributed by atoms with van der Waals surface area (Å²) in [4.78, 5) is 9.88. The van der Waals surface area contributed by atoms with Gasteiger partial charge in [-0.05, 0) is 6.42 Å². The highest BCUT2D eigenvalue weighted by molar-refractivity contribution is 5.44. The molecule has 0 aromatic carbocycles. The quantitative estimate of drug-likeness (QED) is 0.818. The van der Waals surface area contributed by atoms with E-state index in [4.69, 9.17) is 9.84 Å². The zero-order valence-corrected chi connectivity index (χ0v) is 11.0. The molecule has 1 aromatic heterocycles. The number of hydrogen-bond donors (Lipinski definition) is 2. The zero-order valence-electron chi connectivity index (χ0n) is 11.0. The first kappa shape index (κ1) is 14.0. The maximum atomic E-state index is 13.8. The highest BCUT2D eigenvalue weighted by Gasteiger charge is 2.23. The Labute approximate surface area is 111 Å². The molecule has 1 aromatic rings. The third-order valence-corrected chi connectivity index (χ3v) is 2.90. The summed E-state index contributed by atoms with van der Waals surface area (Å²) >= 11 is 0. The topological polar surface area (TPSA) is 70.5 Å². The molecule has 106 valence electrons. The van der Waals surface area contributed by atoms with E-state index >= 15 is 0 Å². The molecule has 0 amide bonds. The van der Waals surface area contributed by atoms with Crippen LogP contribution < -0.4 is 10.2 Å². The summed E-state index contributed by atoms with van der Waals surface area (Å²) < 4.78 is 19.2. The van der Waals surface area contributed by atoms with E-state index in [0.717, 1.165) is 13.0 Å². The zero-order chi connectivity index (χ0) is 13.7. The van der Waals surface area contributed by atoms with Crippen molar-refractivity contribution in [3.8, 4) is 0 Å². The van der Waals surface area contributed by atoms with Gasteiger partial charge >= 0.3 is 0 Å². The van der Waals surface area contributed by atoms with Gasteiger partial charge in [0.2, 0.25) is 5.95 Å². The Hall–Kier alpha value is -1.47. The Bertz CT molecular complexity index is 419. The van der Waals surface area contributed by atoms with Crippen molar-refractivity contribution in [2.75, 3.05) is 43.1 Å². The number of ether oxygens (including phenoxy) is 1. The van der Waals surface area contributed by atoms with E-state index in [1.165, 1.54) is 6.20 Å². The van der Waals surface area contributed by atoms with E-state index in [1.54, 1.807) is 4.90 Å². The van der Waals surface area contributed by atoms with E-state index < -0.39 is 5.82 Å². The van der Waals surface area contributed by atoms with Crippen molar-refractivity contribution in [1.29, 1.82) is 0 Å². The molecule has 6 nitrogen and oxygen atoms in total. The highest BCUT2D eigenvalue weighted by atomic mass is 19.1. The van der Waals surface area contributed by atoms with Crippen LogP contribution in [0.1, 0.15) is 13.3 Å². The van der Waals surface area contributed by atoms with Crippen LogP contribution in [0.15, 0.2) is 6.20 Å². The van der Waals surface area contributed by atoms with E-state index in [9.17, 15) is 4.39 Å². The average Bonchev–Trinajstić information content (AvgIpc) is 2.46. The van der Waals surface area contributed by atoms with Gasteiger partial charge in [0.25, 0.3) is 0 Å². The second-order valence-electron chi connectivity index (χ2n) is 4.41. The first-order valence-corrected chi connectivity index (χ1v) is 6.48. The van der Waals surface area contributed by atoms with E-state index in [2.05, 4.69) is 15.3 Å². The van der Waals surface area contributed by atoms with E-state index in [0.29, 0.717) is 25.6 Å². The van der Waals surface area contributed by atoms with Gasteiger partial charge in [0, 0.05) is 19.6 Å². The van der Waals surface area contributed by atoms with Crippen molar-refractivity contribution in [3.05, 3.63) is 12.0 Å². The molecule has 0 spiro atoms. The Morgan fingerprint density at radius 2 is 2.47 bits per heavy atom. The van der Waals surface area contributed by atoms with Crippen molar-refractivity contribution in [1.82, 2.24) is 9.97 Å². The summed E-state index contributed by atoms with van der Waals surface area (Å²) in [5.74, 6) is 0.223. The number of anilines is 2. The molecule has 1 fully saturated rings. The fourth-order valence-electron chi connectivity index (χ4n) is 1.92. The lowest BCUT2D eigenvalue weighted by molar-refractivity contribution is 0.00318. The SMILES string of the molecule is CCCNc1ncc(F)c(N2CCOC(CO)C2)n1. The molecule has 2 heterocycles. The molecule has 19 heavy (non-hydrogen) atoms. The lowest BCUT2D eigenvalue weighted by Crippen LogP contribution is -2.44. The molecular formula is C12H19FN4O2.